The van der Waals surface area contributed by atoms with Crippen molar-refractivity contribution in [3.63, 3.8) is 0 Å². The fourth-order valence-electron chi connectivity index (χ4n) is 2.17. The van der Waals surface area contributed by atoms with Crippen LogP contribution in [0, 0.1) is 0 Å². The molecule has 0 aromatic heterocycles. The van der Waals surface area contributed by atoms with Crippen LogP contribution in [0.4, 0.5) is 0 Å². The van der Waals surface area contributed by atoms with Crippen LogP contribution in [0.3, 0.4) is 0 Å². The molecule has 0 saturated carbocycles. The maximum Gasteiger partial charge on any atom is 0.118 e. The highest BCUT2D eigenvalue weighted by atomic mass is 28.3. The summed E-state index contributed by atoms with van der Waals surface area (Å²) in [6, 6.07) is 19.1. The summed E-state index contributed by atoms with van der Waals surface area (Å²) in [5, 5.41) is 2.79. The largest absolute Gasteiger partial charge is 0.497 e. The molecule has 0 unspecified atom stereocenters. The molecule has 0 N–H and O–H groups in total. The number of hydrogen-bond acceptors (Lipinski definition) is 1. The van der Waals surface area contributed by atoms with Crippen molar-refractivity contribution < 1.29 is 4.74 Å². The normalized spacial score (nSPS) is 11.2. The Bertz CT molecular complexity index is 491. The summed E-state index contributed by atoms with van der Waals surface area (Å²) in [4.78, 5) is 0. The molecule has 0 aliphatic carbocycles. The van der Waals surface area contributed by atoms with Gasteiger partial charge in [0.2, 0.25) is 0 Å². The molecule has 0 atom stereocenters. The first-order valence-corrected chi connectivity index (χ1v) is 8.85. The quantitative estimate of drug-likeness (QED) is 0.752. The third kappa shape index (κ3) is 2.27. The van der Waals surface area contributed by atoms with Crippen LogP contribution in [0.5, 0.6) is 5.75 Å². The fourth-order valence-corrected chi connectivity index (χ4v) is 4.82. The summed E-state index contributed by atoms with van der Waals surface area (Å²) in [6.45, 7) is 4.72. The lowest BCUT2D eigenvalue weighted by molar-refractivity contribution is 0.418. The first kappa shape index (κ1) is 11.9. The van der Waals surface area contributed by atoms with Gasteiger partial charge in [0.05, 0.1) is 7.11 Å². The van der Waals surface area contributed by atoms with Gasteiger partial charge in [-0.05, 0) is 11.3 Å². The van der Waals surface area contributed by atoms with E-state index in [1.54, 1.807) is 7.11 Å². The summed E-state index contributed by atoms with van der Waals surface area (Å²) >= 11 is 0. The van der Waals surface area contributed by atoms with Gasteiger partial charge >= 0.3 is 0 Å². The van der Waals surface area contributed by atoms with Crippen molar-refractivity contribution in [1.82, 2.24) is 0 Å². The molecular weight excluding hydrogens is 224 g/mol. The zero-order chi connectivity index (χ0) is 12.3. The van der Waals surface area contributed by atoms with Gasteiger partial charge in [-0.25, -0.2) is 0 Å². The highest BCUT2D eigenvalue weighted by Gasteiger charge is 2.28. The van der Waals surface area contributed by atoms with Gasteiger partial charge in [-0.15, -0.1) is 0 Å². The van der Waals surface area contributed by atoms with Crippen molar-refractivity contribution in [3.8, 4) is 5.75 Å². The Morgan fingerprint density at radius 2 is 1.41 bits per heavy atom. The summed E-state index contributed by atoms with van der Waals surface area (Å²) < 4.78 is 5.49. The molecule has 2 rings (SSSR count). The topological polar surface area (TPSA) is 9.23 Å². The van der Waals surface area contributed by atoms with E-state index in [4.69, 9.17) is 4.74 Å². The first-order chi connectivity index (χ1) is 8.16. The van der Waals surface area contributed by atoms with E-state index in [0.717, 1.165) is 5.75 Å². The van der Waals surface area contributed by atoms with E-state index in [2.05, 4.69) is 55.6 Å². The van der Waals surface area contributed by atoms with Gasteiger partial charge in [0.15, 0.2) is 0 Å². The van der Waals surface area contributed by atoms with E-state index in [0.29, 0.717) is 0 Å². The maximum atomic E-state index is 5.49. The van der Waals surface area contributed by atoms with Crippen LogP contribution in [0.1, 0.15) is 0 Å². The molecule has 1 nitrogen and oxygen atoms in total. The van der Waals surface area contributed by atoms with E-state index in [1.807, 2.05) is 12.1 Å². The number of hydrogen-bond donors (Lipinski definition) is 0. The molecule has 2 aromatic rings. The average Bonchev–Trinajstić information content (AvgIpc) is 2.39. The number of ether oxygens (including phenoxy) is 1. The van der Waals surface area contributed by atoms with Crippen molar-refractivity contribution in [3.05, 3.63) is 54.6 Å². The molecule has 88 valence electrons. The van der Waals surface area contributed by atoms with E-state index in [1.165, 1.54) is 10.4 Å². The highest BCUT2D eigenvalue weighted by molar-refractivity contribution is 7.00. The Morgan fingerprint density at radius 1 is 0.824 bits per heavy atom. The second-order valence-electron chi connectivity index (χ2n) is 4.69. The molecule has 0 radical (unpaired) electrons. The van der Waals surface area contributed by atoms with Crippen molar-refractivity contribution in [2.45, 2.75) is 13.1 Å². The predicted octanol–water partition coefficient (Wildman–Crippen LogP) is 2.52. The standard InChI is InChI=1S/C15H18OSi/c1-16-14-11-7-8-12-15(14)17(2,3)13-9-5-4-6-10-13/h4-12H,1-3H3. The average molecular weight is 242 g/mol. The third-order valence-corrected chi connectivity index (χ3v) is 6.81. The van der Waals surface area contributed by atoms with Gasteiger partial charge in [0.25, 0.3) is 0 Å². The van der Waals surface area contributed by atoms with Crippen LogP contribution in [-0.2, 0) is 0 Å². The first-order valence-electron chi connectivity index (χ1n) is 5.85. The van der Waals surface area contributed by atoms with Crippen LogP contribution < -0.4 is 15.1 Å². The zero-order valence-electron chi connectivity index (χ0n) is 10.6. The van der Waals surface area contributed by atoms with Crippen LogP contribution in [0.25, 0.3) is 0 Å². The summed E-state index contributed by atoms with van der Waals surface area (Å²) in [5.74, 6) is 1.01. The molecule has 17 heavy (non-hydrogen) atoms. The Balaban J connectivity index is 2.51. The second kappa shape index (κ2) is 4.76. The molecular formula is C15H18OSi. The number of methoxy groups -OCH3 is 1. The molecule has 0 spiro atoms. The van der Waals surface area contributed by atoms with Gasteiger partial charge in [0, 0.05) is 0 Å². The predicted molar refractivity (Wildman–Crippen MR) is 76.2 cm³/mol. The molecule has 0 fully saturated rings. The third-order valence-electron chi connectivity index (χ3n) is 3.28. The summed E-state index contributed by atoms with van der Waals surface area (Å²) in [7, 11) is 0.0983. The minimum atomic E-state index is -1.65. The highest BCUT2D eigenvalue weighted by Crippen LogP contribution is 2.13. The SMILES string of the molecule is COc1ccccc1[Si](C)(C)c1ccccc1. The lowest BCUT2D eigenvalue weighted by atomic mass is 10.3. The van der Waals surface area contributed by atoms with Crippen LogP contribution in [0.2, 0.25) is 13.1 Å². The van der Waals surface area contributed by atoms with Crippen LogP contribution in [0.15, 0.2) is 54.6 Å². The lowest BCUT2D eigenvalue weighted by Crippen LogP contribution is -2.53. The maximum absolute atomic E-state index is 5.49. The van der Waals surface area contributed by atoms with Crippen molar-refractivity contribution in [2.75, 3.05) is 7.11 Å². The molecule has 0 bridgehead atoms. The summed E-state index contributed by atoms with van der Waals surface area (Å²) in [5.41, 5.74) is 0. The minimum Gasteiger partial charge on any atom is -0.497 e. The van der Waals surface area contributed by atoms with Crippen LogP contribution in [-0.4, -0.2) is 15.2 Å². The van der Waals surface area contributed by atoms with Gasteiger partial charge in [-0.3, -0.25) is 0 Å². The van der Waals surface area contributed by atoms with Crippen molar-refractivity contribution in [1.29, 1.82) is 0 Å². The van der Waals surface area contributed by atoms with Gasteiger partial charge in [-0.2, -0.15) is 0 Å². The van der Waals surface area contributed by atoms with E-state index >= 15 is 0 Å². The monoisotopic (exact) mass is 242 g/mol. The molecule has 0 heterocycles. The fraction of sp³-hybridized carbons (Fsp3) is 0.200. The second-order valence-corrected chi connectivity index (χ2v) is 9.06. The molecule has 2 heteroatoms. The number of rotatable bonds is 3. The molecule has 0 saturated heterocycles. The molecule has 0 aliphatic heterocycles. The van der Waals surface area contributed by atoms with Gasteiger partial charge in [0.1, 0.15) is 13.8 Å². The van der Waals surface area contributed by atoms with E-state index in [9.17, 15) is 0 Å². The van der Waals surface area contributed by atoms with Gasteiger partial charge < -0.3 is 4.74 Å². The Kier molecular flexibility index (Phi) is 3.34. The van der Waals surface area contributed by atoms with E-state index < -0.39 is 8.07 Å². The minimum absolute atomic E-state index is 1.01. The van der Waals surface area contributed by atoms with Crippen molar-refractivity contribution >= 4 is 18.4 Å². The number of benzene rings is 2. The zero-order valence-corrected chi connectivity index (χ0v) is 11.6. The van der Waals surface area contributed by atoms with Crippen molar-refractivity contribution in [2.24, 2.45) is 0 Å². The molecule has 0 amide bonds. The Hall–Kier alpha value is -1.54. The summed E-state index contributed by atoms with van der Waals surface area (Å²) in [6.07, 6.45) is 0. The smallest absolute Gasteiger partial charge is 0.118 e. The van der Waals surface area contributed by atoms with E-state index in [-0.39, 0.29) is 0 Å². The molecule has 0 aliphatic rings. The number of para-hydroxylation sites is 1. The molecule has 2 aromatic carbocycles. The van der Waals surface area contributed by atoms with Crippen LogP contribution >= 0.6 is 0 Å². The Morgan fingerprint density at radius 3 is 2.06 bits per heavy atom. The lowest BCUT2D eigenvalue weighted by Gasteiger charge is -2.25. The Labute approximate surface area is 104 Å². The van der Waals surface area contributed by atoms with Gasteiger partial charge in [-0.1, -0.05) is 66.8 Å².